The number of H-pyrrole nitrogens is 1. The standard InChI is InChI=1S/C23H26N2/c1-2-17-15-25(14-16-8-4-3-5-9-16)22-13-18(17)12-21-23(22)19-10-6-7-11-20(19)24-21/h3-11,17-18,22,24H,2,12-15H2,1H3/t17-,18+,22+/m0/s1. The largest absolute Gasteiger partial charge is 0.358 e. The number of para-hydroxylation sites is 1. The van der Waals surface area contributed by atoms with E-state index in [1.54, 1.807) is 5.56 Å². The van der Waals surface area contributed by atoms with Gasteiger partial charge in [-0.15, -0.1) is 0 Å². The van der Waals surface area contributed by atoms with Gasteiger partial charge in [0.1, 0.15) is 0 Å². The highest BCUT2D eigenvalue weighted by atomic mass is 15.2. The minimum Gasteiger partial charge on any atom is -0.358 e. The van der Waals surface area contributed by atoms with Gasteiger partial charge in [0, 0.05) is 35.7 Å². The summed E-state index contributed by atoms with van der Waals surface area (Å²) < 4.78 is 0. The first-order chi connectivity index (χ1) is 12.3. The summed E-state index contributed by atoms with van der Waals surface area (Å²) in [6.07, 6.45) is 3.84. The molecule has 3 aromatic rings. The number of rotatable bonds is 3. The van der Waals surface area contributed by atoms with E-state index in [4.69, 9.17) is 0 Å². The Balaban J connectivity index is 1.58. The molecule has 2 bridgehead atoms. The molecule has 0 amide bonds. The van der Waals surface area contributed by atoms with Crippen molar-refractivity contribution in [3.63, 3.8) is 0 Å². The molecule has 1 saturated heterocycles. The van der Waals surface area contributed by atoms with Crippen LogP contribution in [0.15, 0.2) is 54.6 Å². The number of nitrogens with one attached hydrogen (secondary N) is 1. The van der Waals surface area contributed by atoms with Crippen molar-refractivity contribution in [2.45, 2.75) is 38.8 Å². The van der Waals surface area contributed by atoms with Gasteiger partial charge in [-0.3, -0.25) is 4.90 Å². The average molecular weight is 330 g/mol. The van der Waals surface area contributed by atoms with E-state index in [1.807, 2.05) is 0 Å². The molecule has 1 aliphatic carbocycles. The molecule has 2 aromatic carbocycles. The van der Waals surface area contributed by atoms with Crippen molar-refractivity contribution in [1.29, 1.82) is 0 Å². The third kappa shape index (κ3) is 2.51. The van der Waals surface area contributed by atoms with E-state index in [2.05, 4.69) is 71.4 Å². The Morgan fingerprint density at radius 3 is 2.68 bits per heavy atom. The quantitative estimate of drug-likeness (QED) is 0.689. The lowest BCUT2D eigenvalue weighted by atomic mass is 9.71. The van der Waals surface area contributed by atoms with E-state index in [0.717, 1.165) is 18.4 Å². The van der Waals surface area contributed by atoms with Gasteiger partial charge in [-0.05, 0) is 41.9 Å². The molecule has 2 heterocycles. The zero-order valence-electron chi connectivity index (χ0n) is 14.9. The first-order valence-electron chi connectivity index (χ1n) is 9.71. The molecular weight excluding hydrogens is 304 g/mol. The molecule has 1 aromatic heterocycles. The molecule has 3 atom stereocenters. The summed E-state index contributed by atoms with van der Waals surface area (Å²) in [6, 6.07) is 20.4. The molecule has 0 spiro atoms. The van der Waals surface area contributed by atoms with Crippen LogP contribution >= 0.6 is 0 Å². The highest BCUT2D eigenvalue weighted by Crippen LogP contribution is 2.48. The lowest BCUT2D eigenvalue weighted by Gasteiger charge is -2.47. The van der Waals surface area contributed by atoms with Crippen LogP contribution in [0.5, 0.6) is 0 Å². The summed E-state index contributed by atoms with van der Waals surface area (Å²) >= 11 is 0. The van der Waals surface area contributed by atoms with Crippen molar-refractivity contribution in [1.82, 2.24) is 9.88 Å². The first-order valence-corrected chi connectivity index (χ1v) is 9.71. The molecule has 2 heteroatoms. The number of aromatic nitrogens is 1. The summed E-state index contributed by atoms with van der Waals surface area (Å²) in [6.45, 7) is 4.67. The third-order valence-corrected chi connectivity index (χ3v) is 6.48. The van der Waals surface area contributed by atoms with E-state index in [9.17, 15) is 0 Å². The SMILES string of the molecule is CC[C@H]1CN(Cc2ccccc2)[C@@H]2C[C@H]1Cc1[nH]c3ccccc3c12. The van der Waals surface area contributed by atoms with Gasteiger partial charge < -0.3 is 4.98 Å². The summed E-state index contributed by atoms with van der Waals surface area (Å²) in [5, 5.41) is 1.44. The molecular formula is C23H26N2. The molecule has 128 valence electrons. The van der Waals surface area contributed by atoms with Crippen LogP contribution in [0.2, 0.25) is 0 Å². The molecule has 0 unspecified atom stereocenters. The van der Waals surface area contributed by atoms with Crippen molar-refractivity contribution in [2.24, 2.45) is 11.8 Å². The number of hydrogen-bond donors (Lipinski definition) is 1. The molecule has 1 N–H and O–H groups in total. The summed E-state index contributed by atoms with van der Waals surface area (Å²) in [5.41, 5.74) is 5.83. The Bertz CT molecular complexity index is 880. The molecule has 0 radical (unpaired) electrons. The Morgan fingerprint density at radius 2 is 1.84 bits per heavy atom. The van der Waals surface area contributed by atoms with Crippen LogP contribution in [0.1, 0.15) is 42.6 Å². The van der Waals surface area contributed by atoms with Crippen LogP contribution in [-0.4, -0.2) is 16.4 Å². The van der Waals surface area contributed by atoms with Crippen molar-refractivity contribution >= 4 is 10.9 Å². The number of hydrogen-bond acceptors (Lipinski definition) is 1. The highest BCUT2D eigenvalue weighted by molar-refractivity contribution is 5.85. The fraction of sp³-hybridized carbons (Fsp3) is 0.391. The van der Waals surface area contributed by atoms with E-state index in [-0.39, 0.29) is 0 Å². The van der Waals surface area contributed by atoms with E-state index in [0.29, 0.717) is 6.04 Å². The van der Waals surface area contributed by atoms with Crippen molar-refractivity contribution in [3.05, 3.63) is 71.4 Å². The van der Waals surface area contributed by atoms with Gasteiger partial charge >= 0.3 is 0 Å². The summed E-state index contributed by atoms with van der Waals surface area (Å²) in [5.74, 6) is 1.65. The Labute approximate surface area is 149 Å². The molecule has 0 saturated carbocycles. The lowest BCUT2D eigenvalue weighted by Crippen LogP contribution is -2.45. The zero-order chi connectivity index (χ0) is 16.8. The van der Waals surface area contributed by atoms with Crippen molar-refractivity contribution in [3.8, 4) is 0 Å². The monoisotopic (exact) mass is 330 g/mol. The van der Waals surface area contributed by atoms with Gasteiger partial charge in [-0.25, -0.2) is 0 Å². The fourth-order valence-electron chi connectivity index (χ4n) is 5.23. The minimum atomic E-state index is 0.563. The van der Waals surface area contributed by atoms with Crippen LogP contribution in [0.25, 0.3) is 10.9 Å². The van der Waals surface area contributed by atoms with Gasteiger partial charge in [0.2, 0.25) is 0 Å². The third-order valence-electron chi connectivity index (χ3n) is 6.48. The number of piperidine rings is 1. The molecule has 2 nitrogen and oxygen atoms in total. The number of likely N-dealkylation sites (tertiary alicyclic amines) is 1. The normalized spacial score (nSPS) is 25.9. The highest BCUT2D eigenvalue weighted by Gasteiger charge is 2.41. The Hall–Kier alpha value is -2.06. The predicted octanol–water partition coefficient (Wildman–Crippen LogP) is 5.31. The van der Waals surface area contributed by atoms with E-state index >= 15 is 0 Å². The second-order valence-corrected chi connectivity index (χ2v) is 7.86. The van der Waals surface area contributed by atoms with Gasteiger partial charge in [0.25, 0.3) is 0 Å². The van der Waals surface area contributed by atoms with Crippen LogP contribution in [0.4, 0.5) is 0 Å². The topological polar surface area (TPSA) is 19.0 Å². The predicted molar refractivity (Wildman–Crippen MR) is 103 cm³/mol. The van der Waals surface area contributed by atoms with E-state index < -0.39 is 0 Å². The van der Waals surface area contributed by atoms with Gasteiger partial charge in [0.05, 0.1) is 0 Å². The van der Waals surface area contributed by atoms with Gasteiger partial charge in [-0.1, -0.05) is 61.9 Å². The number of aromatic amines is 1. The molecule has 2 aliphatic rings. The second kappa shape index (κ2) is 6.03. The smallest absolute Gasteiger partial charge is 0.0459 e. The van der Waals surface area contributed by atoms with Gasteiger partial charge in [0.15, 0.2) is 0 Å². The first kappa shape index (κ1) is 15.2. The van der Waals surface area contributed by atoms with Gasteiger partial charge in [-0.2, -0.15) is 0 Å². The lowest BCUT2D eigenvalue weighted by molar-refractivity contribution is 0.0425. The fourth-order valence-corrected chi connectivity index (χ4v) is 5.23. The van der Waals surface area contributed by atoms with Crippen LogP contribution in [0, 0.1) is 11.8 Å². The number of benzene rings is 2. The maximum absolute atomic E-state index is 3.75. The Morgan fingerprint density at radius 1 is 1.04 bits per heavy atom. The number of nitrogens with zero attached hydrogens (tertiary/aromatic N) is 1. The van der Waals surface area contributed by atoms with Crippen LogP contribution in [-0.2, 0) is 13.0 Å². The second-order valence-electron chi connectivity index (χ2n) is 7.86. The molecule has 1 fully saturated rings. The van der Waals surface area contributed by atoms with E-state index in [1.165, 1.54) is 48.0 Å². The molecule has 25 heavy (non-hydrogen) atoms. The molecule has 5 rings (SSSR count). The molecule has 1 aliphatic heterocycles. The maximum Gasteiger partial charge on any atom is 0.0459 e. The summed E-state index contributed by atoms with van der Waals surface area (Å²) in [4.78, 5) is 6.50. The van der Waals surface area contributed by atoms with Crippen LogP contribution in [0.3, 0.4) is 0 Å². The zero-order valence-corrected chi connectivity index (χ0v) is 14.9. The minimum absolute atomic E-state index is 0.563. The Kier molecular flexibility index (Phi) is 3.67. The van der Waals surface area contributed by atoms with Crippen molar-refractivity contribution in [2.75, 3.05) is 6.54 Å². The van der Waals surface area contributed by atoms with Crippen molar-refractivity contribution < 1.29 is 0 Å². The maximum atomic E-state index is 3.75. The summed E-state index contributed by atoms with van der Waals surface area (Å²) in [7, 11) is 0. The average Bonchev–Trinajstić information content (AvgIpc) is 3.03. The van der Waals surface area contributed by atoms with Crippen LogP contribution < -0.4 is 0 Å². The number of fused-ring (bicyclic) bond motifs is 6.